The molecule has 0 amide bonds. The minimum atomic E-state index is -0.581. The standard InChI is InChI=1S/C16H21N3O/c1-2-19-11-18-9-14(19)15(20)16(10-17)7-12-5-3-4-6-13(12)8-16/h3-6,9,11,15,20H,2,7-8,10,17H2,1H3. The second-order valence-electron chi connectivity index (χ2n) is 5.70. The van der Waals surface area contributed by atoms with Gasteiger partial charge in [-0.25, -0.2) is 4.98 Å². The van der Waals surface area contributed by atoms with Crippen LogP contribution in [0.4, 0.5) is 0 Å². The number of aromatic nitrogens is 2. The van der Waals surface area contributed by atoms with Crippen LogP contribution in [-0.4, -0.2) is 21.2 Å². The SMILES string of the molecule is CCn1cncc1C(O)C1(CN)Cc2ccccc2C1. The highest BCUT2D eigenvalue weighted by molar-refractivity contribution is 5.36. The first-order valence-electron chi connectivity index (χ1n) is 7.15. The zero-order valence-corrected chi connectivity index (χ0v) is 11.8. The molecular weight excluding hydrogens is 250 g/mol. The van der Waals surface area contributed by atoms with Gasteiger partial charge >= 0.3 is 0 Å². The Morgan fingerprint density at radius 1 is 1.35 bits per heavy atom. The number of benzene rings is 1. The van der Waals surface area contributed by atoms with Crippen LogP contribution >= 0.6 is 0 Å². The topological polar surface area (TPSA) is 64.1 Å². The number of aryl methyl sites for hydroxylation is 1. The van der Waals surface area contributed by atoms with Gasteiger partial charge in [0.25, 0.3) is 0 Å². The normalized spacial score (nSPS) is 17.9. The summed E-state index contributed by atoms with van der Waals surface area (Å²) in [6.45, 7) is 3.33. The highest BCUT2D eigenvalue weighted by Gasteiger charge is 2.43. The Balaban J connectivity index is 1.96. The van der Waals surface area contributed by atoms with Crippen molar-refractivity contribution < 1.29 is 5.11 Å². The van der Waals surface area contributed by atoms with Crippen molar-refractivity contribution in [1.29, 1.82) is 0 Å². The lowest BCUT2D eigenvalue weighted by molar-refractivity contribution is 0.0297. The van der Waals surface area contributed by atoms with E-state index in [2.05, 4.69) is 24.0 Å². The maximum Gasteiger partial charge on any atom is 0.103 e. The molecule has 0 saturated carbocycles. The second kappa shape index (κ2) is 5.04. The van der Waals surface area contributed by atoms with Gasteiger partial charge in [0.2, 0.25) is 0 Å². The molecule has 0 spiro atoms. The van der Waals surface area contributed by atoms with E-state index in [9.17, 15) is 5.11 Å². The molecule has 1 aliphatic rings. The molecule has 0 fully saturated rings. The quantitative estimate of drug-likeness (QED) is 0.889. The average Bonchev–Trinajstić information content (AvgIpc) is 3.10. The zero-order valence-electron chi connectivity index (χ0n) is 11.8. The number of rotatable bonds is 4. The fourth-order valence-corrected chi connectivity index (χ4v) is 3.31. The molecular formula is C16H21N3O. The van der Waals surface area contributed by atoms with Gasteiger partial charge in [0, 0.05) is 18.5 Å². The number of aliphatic hydroxyl groups is 1. The number of imidazole rings is 1. The maximum absolute atomic E-state index is 10.9. The molecule has 4 heteroatoms. The Labute approximate surface area is 119 Å². The van der Waals surface area contributed by atoms with Gasteiger partial charge in [-0.15, -0.1) is 0 Å². The van der Waals surface area contributed by atoms with Crippen molar-refractivity contribution in [3.8, 4) is 0 Å². The molecule has 3 rings (SSSR count). The average molecular weight is 271 g/mol. The molecule has 0 aliphatic heterocycles. The van der Waals surface area contributed by atoms with Gasteiger partial charge in [-0.1, -0.05) is 24.3 Å². The fourth-order valence-electron chi connectivity index (χ4n) is 3.31. The highest BCUT2D eigenvalue weighted by Crippen LogP contribution is 2.45. The molecule has 106 valence electrons. The first kappa shape index (κ1) is 13.3. The lowest BCUT2D eigenvalue weighted by Crippen LogP contribution is -2.38. The van der Waals surface area contributed by atoms with Gasteiger partial charge in [0.15, 0.2) is 0 Å². The van der Waals surface area contributed by atoms with Crippen molar-refractivity contribution in [2.24, 2.45) is 11.1 Å². The third-order valence-electron chi connectivity index (χ3n) is 4.56. The summed E-state index contributed by atoms with van der Waals surface area (Å²) in [6.07, 6.45) is 4.60. The van der Waals surface area contributed by atoms with Gasteiger partial charge in [-0.3, -0.25) is 0 Å². The van der Waals surface area contributed by atoms with Crippen LogP contribution in [0.3, 0.4) is 0 Å². The number of nitrogens with two attached hydrogens (primary N) is 1. The number of nitrogens with zero attached hydrogens (tertiary/aromatic N) is 2. The molecule has 3 N–H and O–H groups in total. The van der Waals surface area contributed by atoms with Crippen LogP contribution in [0.2, 0.25) is 0 Å². The summed E-state index contributed by atoms with van der Waals surface area (Å²) in [4.78, 5) is 4.16. The van der Waals surface area contributed by atoms with E-state index in [1.165, 1.54) is 11.1 Å². The zero-order chi connectivity index (χ0) is 14.2. The van der Waals surface area contributed by atoms with Crippen molar-refractivity contribution in [3.05, 3.63) is 53.6 Å². The Hall–Kier alpha value is -1.65. The summed E-state index contributed by atoms with van der Waals surface area (Å²) in [5.74, 6) is 0. The molecule has 1 atom stereocenters. The lowest BCUT2D eigenvalue weighted by atomic mass is 9.78. The predicted molar refractivity (Wildman–Crippen MR) is 78.2 cm³/mol. The first-order chi connectivity index (χ1) is 9.70. The maximum atomic E-state index is 10.9. The van der Waals surface area contributed by atoms with E-state index in [1.807, 2.05) is 16.7 Å². The van der Waals surface area contributed by atoms with Crippen molar-refractivity contribution in [2.45, 2.75) is 32.4 Å². The van der Waals surface area contributed by atoms with Gasteiger partial charge in [-0.05, 0) is 30.9 Å². The van der Waals surface area contributed by atoms with Crippen LogP contribution in [0.25, 0.3) is 0 Å². The van der Waals surface area contributed by atoms with Crippen LogP contribution < -0.4 is 5.73 Å². The lowest BCUT2D eigenvalue weighted by Gasteiger charge is -2.33. The van der Waals surface area contributed by atoms with Crippen LogP contribution in [-0.2, 0) is 19.4 Å². The Kier molecular flexibility index (Phi) is 3.36. The van der Waals surface area contributed by atoms with E-state index >= 15 is 0 Å². The molecule has 1 aromatic heterocycles. The summed E-state index contributed by atoms with van der Waals surface area (Å²) in [5.41, 5.74) is 9.22. The first-order valence-corrected chi connectivity index (χ1v) is 7.15. The molecule has 0 radical (unpaired) electrons. The molecule has 4 nitrogen and oxygen atoms in total. The van der Waals surface area contributed by atoms with Crippen molar-refractivity contribution in [2.75, 3.05) is 6.54 Å². The predicted octanol–water partition coefficient (Wildman–Crippen LogP) is 1.68. The summed E-state index contributed by atoms with van der Waals surface area (Å²) < 4.78 is 1.99. The number of aliphatic hydroxyl groups excluding tert-OH is 1. The summed E-state index contributed by atoms with van der Waals surface area (Å²) >= 11 is 0. The largest absolute Gasteiger partial charge is 0.386 e. The molecule has 1 aromatic carbocycles. The molecule has 1 unspecified atom stereocenters. The smallest absolute Gasteiger partial charge is 0.103 e. The van der Waals surface area contributed by atoms with Crippen molar-refractivity contribution in [3.63, 3.8) is 0 Å². The van der Waals surface area contributed by atoms with Crippen LogP contribution in [0.1, 0.15) is 29.8 Å². The minimum absolute atomic E-state index is 0.309. The molecule has 0 saturated heterocycles. The second-order valence-corrected chi connectivity index (χ2v) is 5.70. The van der Waals surface area contributed by atoms with Gasteiger partial charge in [0.05, 0.1) is 18.2 Å². The van der Waals surface area contributed by atoms with Gasteiger partial charge < -0.3 is 15.4 Å². The highest BCUT2D eigenvalue weighted by atomic mass is 16.3. The van der Waals surface area contributed by atoms with Crippen LogP contribution in [0.15, 0.2) is 36.8 Å². The minimum Gasteiger partial charge on any atom is -0.386 e. The van der Waals surface area contributed by atoms with E-state index < -0.39 is 6.10 Å². The van der Waals surface area contributed by atoms with Crippen molar-refractivity contribution >= 4 is 0 Å². The summed E-state index contributed by atoms with van der Waals surface area (Å²) in [6, 6.07) is 8.37. The summed E-state index contributed by atoms with van der Waals surface area (Å²) in [7, 11) is 0. The molecule has 2 aromatic rings. The fraction of sp³-hybridized carbons (Fsp3) is 0.438. The Morgan fingerprint density at radius 3 is 2.55 bits per heavy atom. The van der Waals surface area contributed by atoms with E-state index in [1.54, 1.807) is 12.5 Å². The van der Waals surface area contributed by atoms with E-state index in [-0.39, 0.29) is 5.41 Å². The van der Waals surface area contributed by atoms with E-state index in [4.69, 9.17) is 5.73 Å². The van der Waals surface area contributed by atoms with Gasteiger partial charge in [0.1, 0.15) is 6.10 Å². The van der Waals surface area contributed by atoms with E-state index in [0.29, 0.717) is 6.54 Å². The third-order valence-corrected chi connectivity index (χ3v) is 4.56. The molecule has 1 heterocycles. The van der Waals surface area contributed by atoms with Crippen LogP contribution in [0.5, 0.6) is 0 Å². The number of hydrogen-bond acceptors (Lipinski definition) is 3. The Bertz CT molecular complexity index is 580. The molecule has 0 bridgehead atoms. The van der Waals surface area contributed by atoms with Gasteiger partial charge in [-0.2, -0.15) is 0 Å². The van der Waals surface area contributed by atoms with E-state index in [0.717, 1.165) is 25.1 Å². The third kappa shape index (κ3) is 1.96. The monoisotopic (exact) mass is 271 g/mol. The van der Waals surface area contributed by atoms with Crippen molar-refractivity contribution in [1.82, 2.24) is 9.55 Å². The molecule has 1 aliphatic carbocycles. The van der Waals surface area contributed by atoms with Crippen LogP contribution in [0, 0.1) is 5.41 Å². The number of hydrogen-bond donors (Lipinski definition) is 2. The number of fused-ring (bicyclic) bond motifs is 1. The molecule has 20 heavy (non-hydrogen) atoms. The Morgan fingerprint density at radius 2 is 2.00 bits per heavy atom. The summed E-state index contributed by atoms with van der Waals surface area (Å²) in [5, 5.41) is 10.9.